The van der Waals surface area contributed by atoms with Crippen molar-refractivity contribution >= 4 is 23.5 Å². The Hall–Kier alpha value is -2.19. The Morgan fingerprint density at radius 1 is 1.30 bits per heavy atom. The molecule has 0 spiro atoms. The standard InChI is InChI=1S/C18H21ClN6O2/c1-23-10-13(19)16(22-23)17(26)25-11-2-3-15(25)12-9-20-18(21-14(12)8-11)24-4-6-27-7-5-24/h9-11,15H,2-8H2,1H3/t11-,15+/m1/s1. The summed E-state index contributed by atoms with van der Waals surface area (Å²) in [6, 6.07) is 0.142. The zero-order chi connectivity index (χ0) is 18.5. The second kappa shape index (κ2) is 6.45. The Morgan fingerprint density at radius 3 is 2.85 bits per heavy atom. The minimum atomic E-state index is -0.101. The molecule has 2 aromatic rings. The highest BCUT2D eigenvalue weighted by molar-refractivity contribution is 6.33. The molecule has 0 N–H and O–H groups in total. The lowest BCUT2D eigenvalue weighted by atomic mass is 9.99. The van der Waals surface area contributed by atoms with E-state index in [0.29, 0.717) is 23.9 Å². The van der Waals surface area contributed by atoms with E-state index in [4.69, 9.17) is 21.3 Å². The van der Waals surface area contributed by atoms with E-state index < -0.39 is 0 Å². The van der Waals surface area contributed by atoms with Crippen LogP contribution in [0.5, 0.6) is 0 Å². The van der Waals surface area contributed by atoms with Crippen LogP contribution in [0.15, 0.2) is 12.4 Å². The number of rotatable bonds is 2. The fourth-order valence-corrected chi connectivity index (χ4v) is 4.68. The number of carbonyl (C=O) groups excluding carboxylic acids is 1. The summed E-state index contributed by atoms with van der Waals surface area (Å²) in [7, 11) is 1.77. The summed E-state index contributed by atoms with van der Waals surface area (Å²) < 4.78 is 6.99. The van der Waals surface area contributed by atoms with Crippen molar-refractivity contribution in [3.8, 4) is 0 Å². The normalized spacial score (nSPS) is 24.2. The van der Waals surface area contributed by atoms with Gasteiger partial charge in [-0.1, -0.05) is 11.6 Å². The Labute approximate surface area is 162 Å². The predicted octanol–water partition coefficient (Wildman–Crippen LogP) is 1.60. The largest absolute Gasteiger partial charge is 0.378 e. The van der Waals surface area contributed by atoms with Crippen molar-refractivity contribution in [2.75, 3.05) is 31.2 Å². The lowest BCUT2D eigenvalue weighted by molar-refractivity contribution is 0.0637. The van der Waals surface area contributed by atoms with Crippen molar-refractivity contribution < 1.29 is 9.53 Å². The topological polar surface area (TPSA) is 76.4 Å². The number of hydrogen-bond acceptors (Lipinski definition) is 6. The number of fused-ring (bicyclic) bond motifs is 4. The molecule has 0 aromatic carbocycles. The molecule has 8 nitrogen and oxygen atoms in total. The molecule has 5 rings (SSSR count). The van der Waals surface area contributed by atoms with Gasteiger partial charge in [0.05, 0.1) is 30.0 Å². The molecular weight excluding hydrogens is 368 g/mol. The molecule has 3 aliphatic heterocycles. The van der Waals surface area contributed by atoms with E-state index in [1.165, 1.54) is 0 Å². The minimum absolute atomic E-state index is 0.00284. The summed E-state index contributed by atoms with van der Waals surface area (Å²) in [5.41, 5.74) is 2.45. The molecule has 2 fully saturated rings. The average Bonchev–Trinajstić information content (AvgIpc) is 3.19. The second-order valence-corrected chi connectivity index (χ2v) is 7.74. The third kappa shape index (κ3) is 2.78. The van der Waals surface area contributed by atoms with E-state index in [1.54, 1.807) is 17.9 Å². The van der Waals surface area contributed by atoms with Gasteiger partial charge in [0.2, 0.25) is 5.95 Å². The molecule has 0 radical (unpaired) electrons. The Morgan fingerprint density at radius 2 is 2.11 bits per heavy atom. The van der Waals surface area contributed by atoms with Crippen molar-refractivity contribution in [2.45, 2.75) is 31.3 Å². The van der Waals surface area contributed by atoms with Gasteiger partial charge >= 0.3 is 0 Å². The fourth-order valence-electron chi connectivity index (χ4n) is 4.42. The van der Waals surface area contributed by atoms with Crippen LogP contribution >= 0.6 is 11.6 Å². The van der Waals surface area contributed by atoms with E-state index in [2.05, 4.69) is 15.0 Å². The first-order valence-electron chi connectivity index (χ1n) is 9.32. The maximum absolute atomic E-state index is 13.1. The molecule has 27 heavy (non-hydrogen) atoms. The molecule has 1 amide bonds. The highest BCUT2D eigenvalue weighted by Crippen LogP contribution is 2.44. The summed E-state index contributed by atoms with van der Waals surface area (Å²) in [4.78, 5) is 26.7. The molecule has 0 aliphatic carbocycles. The van der Waals surface area contributed by atoms with E-state index in [1.807, 2.05) is 11.1 Å². The van der Waals surface area contributed by atoms with Gasteiger partial charge in [-0.15, -0.1) is 0 Å². The van der Waals surface area contributed by atoms with Crippen LogP contribution in [0.25, 0.3) is 0 Å². The first kappa shape index (κ1) is 16.9. The second-order valence-electron chi connectivity index (χ2n) is 7.33. The average molecular weight is 389 g/mol. The van der Waals surface area contributed by atoms with Gasteiger partial charge in [0.25, 0.3) is 5.91 Å². The highest BCUT2D eigenvalue weighted by atomic mass is 35.5. The van der Waals surface area contributed by atoms with Crippen LogP contribution in [0.2, 0.25) is 5.02 Å². The first-order valence-corrected chi connectivity index (χ1v) is 9.70. The number of aryl methyl sites for hydroxylation is 1. The van der Waals surface area contributed by atoms with E-state index in [9.17, 15) is 4.79 Å². The molecule has 2 atom stereocenters. The van der Waals surface area contributed by atoms with Gasteiger partial charge in [0, 0.05) is 50.6 Å². The van der Waals surface area contributed by atoms with E-state index >= 15 is 0 Å². The number of aromatic nitrogens is 4. The van der Waals surface area contributed by atoms with Crippen molar-refractivity contribution in [1.82, 2.24) is 24.6 Å². The van der Waals surface area contributed by atoms with Crippen LogP contribution in [0.4, 0.5) is 5.95 Å². The number of ether oxygens (including phenoxy) is 1. The van der Waals surface area contributed by atoms with Crippen LogP contribution < -0.4 is 4.90 Å². The van der Waals surface area contributed by atoms with Gasteiger partial charge < -0.3 is 14.5 Å². The first-order chi connectivity index (χ1) is 13.1. The number of carbonyl (C=O) groups is 1. The van der Waals surface area contributed by atoms with Gasteiger partial charge in [-0.05, 0) is 12.8 Å². The number of hydrogen-bond donors (Lipinski definition) is 0. The molecule has 9 heteroatoms. The molecule has 5 heterocycles. The van der Waals surface area contributed by atoms with Crippen molar-refractivity contribution in [3.63, 3.8) is 0 Å². The predicted molar refractivity (Wildman–Crippen MR) is 98.9 cm³/mol. The molecule has 3 aliphatic rings. The van der Waals surface area contributed by atoms with Crippen LogP contribution in [0.1, 0.15) is 40.6 Å². The number of amides is 1. The number of nitrogens with zero attached hydrogens (tertiary/aromatic N) is 6. The Kier molecular flexibility index (Phi) is 4.05. The number of anilines is 1. The minimum Gasteiger partial charge on any atom is -0.378 e. The van der Waals surface area contributed by atoms with Crippen molar-refractivity contribution in [3.05, 3.63) is 34.4 Å². The van der Waals surface area contributed by atoms with Gasteiger partial charge in [-0.2, -0.15) is 5.10 Å². The van der Waals surface area contributed by atoms with Crippen LogP contribution in [-0.4, -0.2) is 62.9 Å². The molecule has 142 valence electrons. The molecule has 0 saturated carbocycles. The Balaban J connectivity index is 1.45. The molecular formula is C18H21ClN6O2. The number of halogens is 1. The lowest BCUT2D eigenvalue weighted by Gasteiger charge is -2.36. The maximum Gasteiger partial charge on any atom is 0.276 e. The molecule has 2 saturated heterocycles. The summed E-state index contributed by atoms with van der Waals surface area (Å²) >= 11 is 6.21. The third-order valence-corrected chi connectivity index (χ3v) is 5.97. The monoisotopic (exact) mass is 388 g/mol. The fraction of sp³-hybridized carbons (Fsp3) is 0.556. The van der Waals surface area contributed by atoms with Crippen LogP contribution in [-0.2, 0) is 18.2 Å². The molecule has 2 aromatic heterocycles. The molecule has 2 bridgehead atoms. The number of morpholine rings is 1. The van der Waals surface area contributed by atoms with Gasteiger partial charge in [-0.3, -0.25) is 9.48 Å². The van der Waals surface area contributed by atoms with E-state index in [0.717, 1.165) is 49.6 Å². The van der Waals surface area contributed by atoms with Gasteiger partial charge in [-0.25, -0.2) is 9.97 Å². The Bertz CT molecular complexity index is 894. The van der Waals surface area contributed by atoms with Gasteiger partial charge in [0.1, 0.15) is 0 Å². The summed E-state index contributed by atoms with van der Waals surface area (Å²) in [5, 5.41) is 4.65. The highest BCUT2D eigenvalue weighted by Gasteiger charge is 2.44. The van der Waals surface area contributed by atoms with Crippen molar-refractivity contribution in [2.24, 2.45) is 7.05 Å². The van der Waals surface area contributed by atoms with E-state index in [-0.39, 0.29) is 18.0 Å². The zero-order valence-electron chi connectivity index (χ0n) is 15.1. The van der Waals surface area contributed by atoms with Crippen molar-refractivity contribution in [1.29, 1.82) is 0 Å². The van der Waals surface area contributed by atoms with Crippen LogP contribution in [0, 0.1) is 0 Å². The third-order valence-electron chi connectivity index (χ3n) is 5.69. The SMILES string of the molecule is Cn1cc(Cl)c(C(=O)N2[C@@H]3CC[C@H]2c2cnc(N4CCOCC4)nc2C3)n1. The quantitative estimate of drug-likeness (QED) is 0.777. The zero-order valence-corrected chi connectivity index (χ0v) is 15.9. The summed E-state index contributed by atoms with van der Waals surface area (Å²) in [6.45, 7) is 3.04. The summed E-state index contributed by atoms with van der Waals surface area (Å²) in [6.07, 6.45) is 6.20. The smallest absolute Gasteiger partial charge is 0.276 e. The van der Waals surface area contributed by atoms with Crippen LogP contribution in [0.3, 0.4) is 0 Å². The summed E-state index contributed by atoms with van der Waals surface area (Å²) in [5.74, 6) is 0.667. The lowest BCUT2D eigenvalue weighted by Crippen LogP contribution is -2.43. The maximum atomic E-state index is 13.1. The molecule has 0 unspecified atom stereocenters. The van der Waals surface area contributed by atoms with Gasteiger partial charge in [0.15, 0.2) is 5.69 Å².